The fraction of sp³-hybridized carbons (Fsp3) is 0.524. The van der Waals surface area contributed by atoms with Gasteiger partial charge in [0.15, 0.2) is 0 Å². The number of halogens is 3. The number of pyridine rings is 1. The van der Waals surface area contributed by atoms with E-state index in [0.29, 0.717) is 23.1 Å². The third kappa shape index (κ3) is 5.17. The normalized spacial score (nSPS) is 22.8. The maximum absolute atomic E-state index is 12.6. The number of carbonyl (C=O) groups excluding carboxylic acids is 1. The molecule has 0 spiro atoms. The van der Waals surface area contributed by atoms with E-state index in [4.69, 9.17) is 16.3 Å². The highest BCUT2D eigenvalue weighted by Gasteiger charge is 2.41. The van der Waals surface area contributed by atoms with Crippen LogP contribution in [0.4, 0.5) is 8.78 Å². The van der Waals surface area contributed by atoms with E-state index in [0.717, 1.165) is 38.5 Å². The van der Waals surface area contributed by atoms with E-state index in [2.05, 4.69) is 15.0 Å². The number of rotatable bonds is 7. The summed E-state index contributed by atoms with van der Waals surface area (Å²) in [6, 6.07) is 4.45. The molecule has 0 bridgehead atoms. The Labute approximate surface area is 179 Å². The molecule has 6 nitrogen and oxygen atoms in total. The number of nitrogens with zero attached hydrogens (tertiary/aromatic N) is 1. The topological polar surface area (TPSA) is 80.7 Å². The molecule has 4 rings (SSSR count). The molecule has 1 heterocycles. The summed E-state index contributed by atoms with van der Waals surface area (Å²) in [5, 5.41) is 13.5. The molecule has 1 aromatic heterocycles. The Hall–Kier alpha value is -2.03. The molecular formula is C21H25ClF2N2O4. The second-order valence-corrected chi connectivity index (χ2v) is 8.47. The maximum atomic E-state index is 12.6. The molecular weight excluding hydrogens is 418 g/mol. The highest BCUT2D eigenvalue weighted by Crippen LogP contribution is 2.36. The summed E-state index contributed by atoms with van der Waals surface area (Å²) in [7, 11) is 0. The zero-order valence-electron chi connectivity index (χ0n) is 16.2. The Morgan fingerprint density at radius 2 is 2.03 bits per heavy atom. The van der Waals surface area contributed by atoms with Gasteiger partial charge in [0.05, 0.1) is 34.4 Å². The Kier molecular flexibility index (Phi) is 6.09. The summed E-state index contributed by atoms with van der Waals surface area (Å²) in [5.41, 5.74) is 0.167. The van der Waals surface area contributed by atoms with Gasteiger partial charge in [-0.15, -0.1) is 0 Å². The van der Waals surface area contributed by atoms with Crippen LogP contribution in [0, 0.1) is 0 Å². The number of benzene rings is 1. The zero-order valence-corrected chi connectivity index (χ0v) is 17.0. The average molecular weight is 443 g/mol. The molecule has 9 heteroatoms. The van der Waals surface area contributed by atoms with E-state index >= 15 is 0 Å². The zero-order chi connectivity index (χ0) is 21.3. The SMILES string of the molecule is O=C(NC1CCC(OCC2(O)CC2)CC1)c1cnc2cc(OC(F)F)c(Cl)cc2c1.[HH]. The van der Waals surface area contributed by atoms with E-state index < -0.39 is 12.2 Å². The fourth-order valence-corrected chi connectivity index (χ4v) is 3.86. The number of aromatic nitrogens is 1. The van der Waals surface area contributed by atoms with E-state index in [1.54, 1.807) is 6.07 Å². The predicted molar refractivity (Wildman–Crippen MR) is 109 cm³/mol. The van der Waals surface area contributed by atoms with Crippen LogP contribution in [0.2, 0.25) is 5.02 Å². The van der Waals surface area contributed by atoms with E-state index in [-0.39, 0.29) is 30.3 Å². The lowest BCUT2D eigenvalue weighted by Gasteiger charge is -2.29. The van der Waals surface area contributed by atoms with Crippen molar-refractivity contribution in [2.75, 3.05) is 6.61 Å². The van der Waals surface area contributed by atoms with Gasteiger partial charge in [-0.3, -0.25) is 9.78 Å². The second-order valence-electron chi connectivity index (χ2n) is 8.06. The Balaban J connectivity index is 0.00000272. The number of amides is 1. The number of alkyl halides is 2. The van der Waals surface area contributed by atoms with Crippen molar-refractivity contribution in [3.63, 3.8) is 0 Å². The van der Waals surface area contributed by atoms with Gasteiger partial charge in [0.25, 0.3) is 5.91 Å². The molecule has 2 fully saturated rings. The van der Waals surface area contributed by atoms with Crippen molar-refractivity contribution in [2.45, 2.75) is 62.9 Å². The number of ether oxygens (including phenoxy) is 2. The van der Waals surface area contributed by atoms with E-state index in [1.807, 2.05) is 0 Å². The first-order valence-corrected chi connectivity index (χ1v) is 10.4. The van der Waals surface area contributed by atoms with Crippen LogP contribution in [0.25, 0.3) is 10.9 Å². The number of aliphatic hydroxyl groups is 1. The van der Waals surface area contributed by atoms with Crippen LogP contribution in [-0.4, -0.2) is 47.0 Å². The van der Waals surface area contributed by atoms with Gasteiger partial charge >= 0.3 is 6.61 Å². The molecule has 2 saturated carbocycles. The van der Waals surface area contributed by atoms with E-state index in [1.165, 1.54) is 18.3 Å². The second kappa shape index (κ2) is 8.61. The minimum Gasteiger partial charge on any atom is -0.433 e. The molecule has 0 radical (unpaired) electrons. The highest BCUT2D eigenvalue weighted by molar-refractivity contribution is 6.32. The van der Waals surface area contributed by atoms with Gasteiger partial charge in [-0.25, -0.2) is 0 Å². The molecule has 2 aliphatic rings. The molecule has 2 aromatic rings. The van der Waals surface area contributed by atoms with Gasteiger partial charge < -0.3 is 19.9 Å². The average Bonchev–Trinajstić information content (AvgIpc) is 3.45. The first-order chi connectivity index (χ1) is 14.3. The van der Waals surface area contributed by atoms with Crippen molar-refractivity contribution in [1.82, 2.24) is 10.3 Å². The minimum atomic E-state index is -2.98. The molecule has 0 atom stereocenters. The molecule has 0 aliphatic heterocycles. The van der Waals surface area contributed by atoms with Crippen molar-refractivity contribution in [2.24, 2.45) is 0 Å². The van der Waals surface area contributed by atoms with Gasteiger partial charge in [-0.2, -0.15) is 8.78 Å². The number of hydrogen-bond donors (Lipinski definition) is 2. The van der Waals surface area contributed by atoms with Gasteiger partial charge in [0, 0.05) is 25.1 Å². The van der Waals surface area contributed by atoms with Crippen LogP contribution in [0.15, 0.2) is 24.4 Å². The number of nitrogens with one attached hydrogen (secondary N) is 1. The van der Waals surface area contributed by atoms with Crippen LogP contribution in [0.1, 0.15) is 50.3 Å². The summed E-state index contributed by atoms with van der Waals surface area (Å²) in [5.74, 6) is -0.401. The minimum absolute atomic E-state index is 0. The predicted octanol–water partition coefficient (Wildman–Crippen LogP) is 4.32. The monoisotopic (exact) mass is 442 g/mol. The van der Waals surface area contributed by atoms with Gasteiger partial charge in [0.1, 0.15) is 5.75 Å². The third-order valence-corrected chi connectivity index (χ3v) is 5.93. The molecule has 1 amide bonds. The van der Waals surface area contributed by atoms with Gasteiger partial charge in [-0.05, 0) is 50.7 Å². The molecule has 2 N–H and O–H groups in total. The molecule has 1 aromatic carbocycles. The maximum Gasteiger partial charge on any atom is 0.387 e. The lowest BCUT2D eigenvalue weighted by atomic mass is 9.92. The summed E-state index contributed by atoms with van der Waals surface area (Å²) in [6.07, 6.45) is 6.42. The first-order valence-electron chi connectivity index (χ1n) is 10.0. The number of carbonyl (C=O) groups is 1. The van der Waals surface area contributed by atoms with Crippen LogP contribution in [0.3, 0.4) is 0 Å². The molecule has 164 valence electrons. The summed E-state index contributed by atoms with van der Waals surface area (Å²) >= 11 is 5.99. The molecule has 2 aliphatic carbocycles. The Morgan fingerprint density at radius 3 is 2.70 bits per heavy atom. The summed E-state index contributed by atoms with van der Waals surface area (Å²) in [4.78, 5) is 16.8. The Bertz CT molecular complexity index is 937. The first kappa shape index (κ1) is 21.2. The number of hydrogen-bond acceptors (Lipinski definition) is 5. The fourth-order valence-electron chi connectivity index (χ4n) is 3.64. The van der Waals surface area contributed by atoms with Crippen LogP contribution < -0.4 is 10.1 Å². The van der Waals surface area contributed by atoms with Crippen molar-refractivity contribution < 1.29 is 29.6 Å². The third-order valence-electron chi connectivity index (χ3n) is 5.64. The van der Waals surface area contributed by atoms with Crippen molar-refractivity contribution in [3.05, 3.63) is 35.0 Å². The van der Waals surface area contributed by atoms with Crippen LogP contribution >= 0.6 is 11.6 Å². The Morgan fingerprint density at radius 1 is 1.30 bits per heavy atom. The number of fused-ring (bicyclic) bond motifs is 1. The van der Waals surface area contributed by atoms with E-state index in [9.17, 15) is 18.7 Å². The van der Waals surface area contributed by atoms with Crippen molar-refractivity contribution in [3.8, 4) is 5.75 Å². The standard InChI is InChI=1S/C21H23ClF2N2O4.H2/c22-16-8-12-7-13(10-25-17(12)9-18(16)30-20(23)24)19(27)26-14-1-3-15(4-2-14)29-11-21(28)5-6-21;/h7-10,14-15,20,28H,1-6,11H2,(H,26,27);1H. The largest absolute Gasteiger partial charge is 0.433 e. The van der Waals surface area contributed by atoms with Crippen LogP contribution in [-0.2, 0) is 4.74 Å². The summed E-state index contributed by atoms with van der Waals surface area (Å²) in [6.45, 7) is -2.59. The molecule has 0 saturated heterocycles. The smallest absolute Gasteiger partial charge is 0.387 e. The molecule has 30 heavy (non-hydrogen) atoms. The van der Waals surface area contributed by atoms with Gasteiger partial charge in [-0.1, -0.05) is 11.6 Å². The lowest BCUT2D eigenvalue weighted by Crippen LogP contribution is -2.39. The quantitative estimate of drug-likeness (QED) is 0.667. The van der Waals surface area contributed by atoms with Crippen molar-refractivity contribution >= 4 is 28.4 Å². The summed E-state index contributed by atoms with van der Waals surface area (Å²) < 4.78 is 35.1. The lowest BCUT2D eigenvalue weighted by molar-refractivity contribution is -0.0497. The highest BCUT2D eigenvalue weighted by atomic mass is 35.5. The van der Waals surface area contributed by atoms with Gasteiger partial charge in [0.2, 0.25) is 0 Å². The van der Waals surface area contributed by atoms with Crippen molar-refractivity contribution in [1.29, 1.82) is 0 Å². The molecule has 0 unspecified atom stereocenters. The van der Waals surface area contributed by atoms with Crippen LogP contribution in [0.5, 0.6) is 5.75 Å².